The first-order chi connectivity index (χ1) is 8.74. The van der Waals surface area contributed by atoms with Gasteiger partial charge in [0.05, 0.1) is 12.7 Å². The molecule has 2 aromatic rings. The zero-order valence-electron chi connectivity index (χ0n) is 10.1. The van der Waals surface area contributed by atoms with Gasteiger partial charge < -0.3 is 5.73 Å². The molecule has 1 heterocycles. The van der Waals surface area contributed by atoms with E-state index in [1.54, 1.807) is 0 Å². The lowest BCUT2D eigenvalue weighted by atomic mass is 9.94. The highest BCUT2D eigenvalue weighted by atomic mass is 79.9. The van der Waals surface area contributed by atoms with Gasteiger partial charge in [-0.3, -0.25) is 4.68 Å². The Morgan fingerprint density at radius 2 is 2.33 bits per heavy atom. The monoisotopic (exact) mass is 305 g/mol. The maximum absolute atomic E-state index is 6.12. The molecule has 1 aromatic heterocycles. The van der Waals surface area contributed by atoms with Crippen molar-refractivity contribution in [2.24, 2.45) is 5.73 Å². The van der Waals surface area contributed by atoms with Crippen molar-refractivity contribution >= 4 is 15.9 Å². The number of nitrogens with zero attached hydrogens (tertiary/aromatic N) is 2. The largest absolute Gasteiger partial charge is 0.324 e. The molecule has 1 unspecified atom stereocenters. The fraction of sp³-hybridized carbons (Fsp3) is 0.357. The Labute approximate surface area is 115 Å². The molecule has 1 atom stereocenters. The van der Waals surface area contributed by atoms with Crippen LogP contribution in [0.3, 0.4) is 0 Å². The van der Waals surface area contributed by atoms with E-state index in [1.807, 2.05) is 12.3 Å². The number of hydrogen-bond donors (Lipinski definition) is 1. The molecule has 0 aliphatic heterocycles. The first-order valence-electron chi connectivity index (χ1n) is 6.28. The van der Waals surface area contributed by atoms with Crippen molar-refractivity contribution in [1.29, 1.82) is 0 Å². The second-order valence-corrected chi connectivity index (χ2v) is 5.75. The van der Waals surface area contributed by atoms with Crippen LogP contribution >= 0.6 is 15.9 Å². The molecule has 18 heavy (non-hydrogen) atoms. The normalized spacial score (nSPS) is 18.7. The molecule has 0 fully saturated rings. The van der Waals surface area contributed by atoms with Gasteiger partial charge in [-0.2, -0.15) is 5.10 Å². The van der Waals surface area contributed by atoms with E-state index < -0.39 is 0 Å². The SMILES string of the molecule is NC1CCCc2c1cnn2Cc1cccc(Br)c1. The molecular weight excluding hydrogens is 290 g/mol. The molecule has 94 valence electrons. The van der Waals surface area contributed by atoms with Crippen LogP contribution in [0, 0.1) is 0 Å². The smallest absolute Gasteiger partial charge is 0.0663 e. The summed E-state index contributed by atoms with van der Waals surface area (Å²) in [6.45, 7) is 0.821. The molecule has 1 aromatic carbocycles. The van der Waals surface area contributed by atoms with Crippen molar-refractivity contribution in [2.75, 3.05) is 0 Å². The zero-order chi connectivity index (χ0) is 12.5. The Morgan fingerprint density at radius 3 is 3.17 bits per heavy atom. The van der Waals surface area contributed by atoms with E-state index in [2.05, 4.69) is 43.9 Å². The highest BCUT2D eigenvalue weighted by molar-refractivity contribution is 9.10. The average Bonchev–Trinajstić information content (AvgIpc) is 2.74. The van der Waals surface area contributed by atoms with Crippen LogP contribution in [-0.2, 0) is 13.0 Å². The molecule has 4 heteroatoms. The van der Waals surface area contributed by atoms with E-state index in [0.717, 1.165) is 23.9 Å². The molecule has 0 saturated carbocycles. The van der Waals surface area contributed by atoms with Crippen molar-refractivity contribution in [2.45, 2.75) is 31.8 Å². The van der Waals surface area contributed by atoms with E-state index in [9.17, 15) is 0 Å². The van der Waals surface area contributed by atoms with Gasteiger partial charge in [-0.05, 0) is 37.0 Å². The lowest BCUT2D eigenvalue weighted by Gasteiger charge is -2.19. The summed E-state index contributed by atoms with van der Waals surface area (Å²) >= 11 is 3.50. The van der Waals surface area contributed by atoms with Crippen LogP contribution in [0.4, 0.5) is 0 Å². The topological polar surface area (TPSA) is 43.8 Å². The predicted octanol–water partition coefficient (Wildman–Crippen LogP) is 3.03. The van der Waals surface area contributed by atoms with E-state index in [4.69, 9.17) is 5.73 Å². The summed E-state index contributed by atoms with van der Waals surface area (Å²) in [7, 11) is 0. The Kier molecular flexibility index (Phi) is 3.22. The van der Waals surface area contributed by atoms with E-state index in [0.29, 0.717) is 0 Å². The molecule has 1 aliphatic rings. The van der Waals surface area contributed by atoms with Gasteiger partial charge in [0.2, 0.25) is 0 Å². The van der Waals surface area contributed by atoms with Crippen molar-refractivity contribution < 1.29 is 0 Å². The van der Waals surface area contributed by atoms with Gasteiger partial charge in [0.15, 0.2) is 0 Å². The molecule has 1 aliphatic carbocycles. The van der Waals surface area contributed by atoms with Gasteiger partial charge in [0.25, 0.3) is 0 Å². The van der Waals surface area contributed by atoms with Crippen LogP contribution in [0.5, 0.6) is 0 Å². The molecule has 0 saturated heterocycles. The number of fused-ring (bicyclic) bond motifs is 1. The number of halogens is 1. The molecule has 0 amide bonds. The summed E-state index contributed by atoms with van der Waals surface area (Å²) in [6.07, 6.45) is 5.28. The molecule has 3 nitrogen and oxygen atoms in total. The van der Waals surface area contributed by atoms with Gasteiger partial charge in [-0.1, -0.05) is 28.1 Å². The van der Waals surface area contributed by atoms with Crippen LogP contribution in [0.1, 0.15) is 35.7 Å². The summed E-state index contributed by atoms with van der Waals surface area (Å²) in [5, 5.41) is 4.49. The van der Waals surface area contributed by atoms with Gasteiger partial charge in [0.1, 0.15) is 0 Å². The van der Waals surface area contributed by atoms with Crippen LogP contribution in [-0.4, -0.2) is 9.78 Å². The number of nitrogens with two attached hydrogens (primary N) is 1. The highest BCUT2D eigenvalue weighted by Crippen LogP contribution is 2.28. The third-order valence-corrected chi connectivity index (χ3v) is 4.02. The van der Waals surface area contributed by atoms with Crippen molar-refractivity contribution in [3.8, 4) is 0 Å². The summed E-state index contributed by atoms with van der Waals surface area (Å²) in [5.41, 5.74) is 9.92. The van der Waals surface area contributed by atoms with E-state index in [-0.39, 0.29) is 6.04 Å². The lowest BCUT2D eigenvalue weighted by molar-refractivity contribution is 0.537. The van der Waals surface area contributed by atoms with Crippen LogP contribution < -0.4 is 5.73 Å². The highest BCUT2D eigenvalue weighted by Gasteiger charge is 2.21. The number of aromatic nitrogens is 2. The van der Waals surface area contributed by atoms with Gasteiger partial charge >= 0.3 is 0 Å². The quantitative estimate of drug-likeness (QED) is 0.927. The molecular formula is C14H16BrN3. The second-order valence-electron chi connectivity index (χ2n) is 4.83. The Bertz CT molecular complexity index is 562. The van der Waals surface area contributed by atoms with Crippen molar-refractivity contribution in [1.82, 2.24) is 9.78 Å². The Hall–Kier alpha value is -1.13. The summed E-state index contributed by atoms with van der Waals surface area (Å²) in [4.78, 5) is 0. The summed E-state index contributed by atoms with van der Waals surface area (Å²) in [5.74, 6) is 0. The number of benzene rings is 1. The molecule has 3 rings (SSSR count). The van der Waals surface area contributed by atoms with E-state index in [1.165, 1.54) is 23.2 Å². The maximum Gasteiger partial charge on any atom is 0.0663 e. The minimum Gasteiger partial charge on any atom is -0.324 e. The third-order valence-electron chi connectivity index (χ3n) is 3.53. The minimum absolute atomic E-state index is 0.171. The average molecular weight is 306 g/mol. The number of rotatable bonds is 2. The van der Waals surface area contributed by atoms with Crippen LogP contribution in [0.2, 0.25) is 0 Å². The maximum atomic E-state index is 6.12. The first-order valence-corrected chi connectivity index (χ1v) is 7.08. The fourth-order valence-corrected chi connectivity index (χ4v) is 3.04. The van der Waals surface area contributed by atoms with Gasteiger partial charge in [-0.25, -0.2) is 0 Å². The minimum atomic E-state index is 0.171. The zero-order valence-corrected chi connectivity index (χ0v) is 11.7. The van der Waals surface area contributed by atoms with Crippen LogP contribution in [0.15, 0.2) is 34.9 Å². The van der Waals surface area contributed by atoms with E-state index >= 15 is 0 Å². The summed E-state index contributed by atoms with van der Waals surface area (Å²) < 4.78 is 3.20. The standard InChI is InChI=1S/C14H16BrN3/c15-11-4-1-3-10(7-11)9-18-14-6-2-5-13(16)12(14)8-17-18/h1,3-4,7-8,13H,2,5-6,9,16H2. The second kappa shape index (κ2) is 4.86. The fourth-order valence-electron chi connectivity index (χ4n) is 2.60. The van der Waals surface area contributed by atoms with Crippen molar-refractivity contribution in [3.05, 3.63) is 51.8 Å². The summed E-state index contributed by atoms with van der Waals surface area (Å²) in [6, 6.07) is 8.53. The van der Waals surface area contributed by atoms with Gasteiger partial charge in [0, 0.05) is 21.8 Å². The lowest BCUT2D eigenvalue weighted by Crippen LogP contribution is -2.18. The van der Waals surface area contributed by atoms with Crippen LogP contribution in [0.25, 0.3) is 0 Å². The molecule has 0 bridgehead atoms. The Morgan fingerprint density at radius 1 is 1.44 bits per heavy atom. The van der Waals surface area contributed by atoms with Crippen molar-refractivity contribution in [3.63, 3.8) is 0 Å². The molecule has 0 spiro atoms. The molecule has 0 radical (unpaired) electrons. The Balaban J connectivity index is 1.90. The molecule has 2 N–H and O–H groups in total. The third kappa shape index (κ3) is 2.22. The predicted molar refractivity (Wildman–Crippen MR) is 75.3 cm³/mol. The van der Waals surface area contributed by atoms with Gasteiger partial charge in [-0.15, -0.1) is 0 Å². The number of hydrogen-bond acceptors (Lipinski definition) is 2. The first kappa shape index (κ1) is 11.9.